The maximum atomic E-state index is 12.1. The molecule has 7 nitrogen and oxygen atoms in total. The lowest BCUT2D eigenvalue weighted by molar-refractivity contribution is -0.140. The molecule has 1 heterocycles. The summed E-state index contributed by atoms with van der Waals surface area (Å²) in [7, 11) is 0. The van der Waals surface area contributed by atoms with E-state index in [2.05, 4.69) is 5.32 Å². The summed E-state index contributed by atoms with van der Waals surface area (Å²) in [6.07, 6.45) is 1.46. The van der Waals surface area contributed by atoms with Gasteiger partial charge in [-0.15, -0.1) is 0 Å². The van der Waals surface area contributed by atoms with Crippen molar-refractivity contribution in [3.05, 3.63) is 69.3 Å². The Hall–Kier alpha value is -3.03. The van der Waals surface area contributed by atoms with Crippen LogP contribution in [-0.4, -0.2) is 34.5 Å². The molecule has 0 atom stereocenters. The SMILES string of the molecule is O=C(O)CN1C(=O)N/C(=C/c2ccc(OCc3ccc(Cl)c(Cl)c3)cc2)C1=O. The lowest BCUT2D eigenvalue weighted by Crippen LogP contribution is -2.35. The highest BCUT2D eigenvalue weighted by molar-refractivity contribution is 6.42. The van der Waals surface area contributed by atoms with E-state index < -0.39 is 24.5 Å². The van der Waals surface area contributed by atoms with Gasteiger partial charge in [0.05, 0.1) is 10.0 Å². The minimum absolute atomic E-state index is 0.00993. The van der Waals surface area contributed by atoms with Crippen molar-refractivity contribution in [2.45, 2.75) is 6.61 Å². The van der Waals surface area contributed by atoms with Gasteiger partial charge in [-0.2, -0.15) is 0 Å². The molecule has 2 N–H and O–H groups in total. The van der Waals surface area contributed by atoms with Crippen molar-refractivity contribution in [2.75, 3.05) is 6.54 Å². The number of ether oxygens (including phenoxy) is 1. The van der Waals surface area contributed by atoms with Crippen molar-refractivity contribution in [1.82, 2.24) is 10.2 Å². The molecule has 3 rings (SSSR count). The van der Waals surface area contributed by atoms with Crippen LogP contribution in [0.25, 0.3) is 6.08 Å². The smallest absolute Gasteiger partial charge is 0.329 e. The quantitative estimate of drug-likeness (QED) is 0.550. The summed E-state index contributed by atoms with van der Waals surface area (Å²) < 4.78 is 5.68. The predicted molar refractivity (Wildman–Crippen MR) is 103 cm³/mol. The second kappa shape index (κ2) is 8.33. The molecule has 3 amide bonds. The average molecular weight is 421 g/mol. The molecule has 0 bridgehead atoms. The van der Waals surface area contributed by atoms with Gasteiger partial charge >= 0.3 is 12.0 Å². The zero-order valence-corrected chi connectivity index (χ0v) is 15.8. The minimum atomic E-state index is -1.27. The van der Waals surface area contributed by atoms with E-state index in [1.165, 1.54) is 6.08 Å². The Bertz CT molecular complexity index is 973. The Morgan fingerprint density at radius 2 is 1.82 bits per heavy atom. The third-order valence-electron chi connectivity index (χ3n) is 3.84. The largest absolute Gasteiger partial charge is 0.489 e. The molecule has 0 unspecified atom stereocenters. The van der Waals surface area contributed by atoms with Gasteiger partial charge in [-0.05, 0) is 41.5 Å². The monoisotopic (exact) mass is 420 g/mol. The molecular formula is C19H14Cl2N2O5. The second-order valence-corrected chi connectivity index (χ2v) is 6.69. The van der Waals surface area contributed by atoms with Gasteiger partial charge in [-0.3, -0.25) is 9.59 Å². The van der Waals surface area contributed by atoms with Crippen molar-refractivity contribution in [3.63, 3.8) is 0 Å². The van der Waals surface area contributed by atoms with E-state index in [0.29, 0.717) is 32.9 Å². The van der Waals surface area contributed by atoms with Crippen LogP contribution < -0.4 is 10.1 Å². The third kappa shape index (κ3) is 4.62. The van der Waals surface area contributed by atoms with Crippen molar-refractivity contribution >= 4 is 47.2 Å². The standard InChI is InChI=1S/C19H14Cl2N2O5/c20-14-6-3-12(7-15(14)21)10-28-13-4-1-11(2-5-13)8-16-18(26)23(9-17(24)25)19(27)22-16/h1-8H,9-10H2,(H,22,27)(H,24,25)/b16-8+. The summed E-state index contributed by atoms with van der Waals surface area (Å²) in [6, 6.07) is 11.3. The van der Waals surface area contributed by atoms with Crippen LogP contribution in [0.2, 0.25) is 10.0 Å². The molecule has 9 heteroatoms. The van der Waals surface area contributed by atoms with Crippen LogP contribution in [0.3, 0.4) is 0 Å². The van der Waals surface area contributed by atoms with Crippen LogP contribution in [-0.2, 0) is 16.2 Å². The molecule has 1 saturated heterocycles. The van der Waals surface area contributed by atoms with Crippen molar-refractivity contribution < 1.29 is 24.2 Å². The topological polar surface area (TPSA) is 95.9 Å². The van der Waals surface area contributed by atoms with Gasteiger partial charge in [0.2, 0.25) is 0 Å². The summed E-state index contributed by atoms with van der Waals surface area (Å²) >= 11 is 11.8. The van der Waals surface area contributed by atoms with Crippen molar-refractivity contribution in [2.24, 2.45) is 0 Å². The van der Waals surface area contributed by atoms with E-state index in [4.69, 9.17) is 33.0 Å². The maximum Gasteiger partial charge on any atom is 0.329 e. The Morgan fingerprint density at radius 1 is 1.11 bits per heavy atom. The number of carboxylic acids is 1. The molecule has 1 aliphatic heterocycles. The predicted octanol–water partition coefficient (Wildman–Crippen LogP) is 3.55. The van der Waals surface area contributed by atoms with Crippen LogP contribution >= 0.6 is 23.2 Å². The second-order valence-electron chi connectivity index (χ2n) is 5.88. The van der Waals surface area contributed by atoms with Gasteiger partial charge in [0, 0.05) is 0 Å². The fraction of sp³-hybridized carbons (Fsp3) is 0.105. The molecule has 1 aliphatic rings. The lowest BCUT2D eigenvalue weighted by atomic mass is 10.2. The number of hydrogen-bond donors (Lipinski definition) is 2. The zero-order chi connectivity index (χ0) is 20.3. The van der Waals surface area contributed by atoms with E-state index in [-0.39, 0.29) is 5.70 Å². The number of urea groups is 1. The Labute approximate surface area is 170 Å². The molecule has 0 radical (unpaired) electrons. The molecule has 2 aromatic carbocycles. The average Bonchev–Trinajstić information content (AvgIpc) is 2.91. The van der Waals surface area contributed by atoms with Crippen molar-refractivity contribution in [3.8, 4) is 5.75 Å². The summed E-state index contributed by atoms with van der Waals surface area (Å²) in [5.41, 5.74) is 1.51. The number of nitrogens with zero attached hydrogens (tertiary/aromatic N) is 1. The van der Waals surface area contributed by atoms with Gasteiger partial charge in [-0.1, -0.05) is 41.4 Å². The number of carbonyl (C=O) groups is 3. The van der Waals surface area contributed by atoms with Crippen LogP contribution in [0.15, 0.2) is 48.2 Å². The number of aliphatic carboxylic acids is 1. The number of imide groups is 1. The Kier molecular flexibility index (Phi) is 5.87. The molecule has 0 spiro atoms. The maximum absolute atomic E-state index is 12.1. The van der Waals surface area contributed by atoms with Crippen molar-refractivity contribution in [1.29, 1.82) is 0 Å². The number of nitrogens with one attached hydrogen (secondary N) is 1. The van der Waals surface area contributed by atoms with E-state index in [0.717, 1.165) is 5.56 Å². The van der Waals surface area contributed by atoms with Crippen LogP contribution in [0.4, 0.5) is 4.79 Å². The lowest BCUT2D eigenvalue weighted by Gasteiger charge is -2.08. The molecule has 0 aliphatic carbocycles. The highest BCUT2D eigenvalue weighted by Gasteiger charge is 2.34. The fourth-order valence-electron chi connectivity index (χ4n) is 2.47. The first-order valence-electron chi connectivity index (χ1n) is 8.06. The van der Waals surface area contributed by atoms with Crippen LogP contribution in [0.5, 0.6) is 5.75 Å². The zero-order valence-electron chi connectivity index (χ0n) is 14.3. The van der Waals surface area contributed by atoms with Gasteiger partial charge in [0.1, 0.15) is 24.6 Å². The molecular weight excluding hydrogens is 407 g/mol. The highest BCUT2D eigenvalue weighted by atomic mass is 35.5. The normalized spacial score (nSPS) is 15.1. The Morgan fingerprint density at radius 3 is 2.46 bits per heavy atom. The molecule has 2 aromatic rings. The first-order chi connectivity index (χ1) is 13.3. The summed E-state index contributed by atoms with van der Waals surface area (Å²) in [4.78, 5) is 35.1. The van der Waals surface area contributed by atoms with Gasteiger partial charge in [0.15, 0.2) is 0 Å². The van der Waals surface area contributed by atoms with Gasteiger partial charge in [-0.25, -0.2) is 9.69 Å². The molecule has 28 heavy (non-hydrogen) atoms. The fourth-order valence-corrected chi connectivity index (χ4v) is 2.79. The molecule has 0 aromatic heterocycles. The molecule has 144 valence electrons. The summed E-state index contributed by atoms with van der Waals surface area (Å²) in [6.45, 7) is -0.389. The van der Waals surface area contributed by atoms with Gasteiger partial charge < -0.3 is 15.2 Å². The van der Waals surface area contributed by atoms with E-state index in [1.807, 2.05) is 6.07 Å². The number of amides is 3. The molecule has 1 fully saturated rings. The number of carboxylic acid groups (broad SMARTS) is 1. The van der Waals surface area contributed by atoms with E-state index in [1.54, 1.807) is 36.4 Å². The highest BCUT2D eigenvalue weighted by Crippen LogP contribution is 2.24. The number of carbonyl (C=O) groups excluding carboxylic acids is 2. The van der Waals surface area contributed by atoms with E-state index >= 15 is 0 Å². The first kappa shape index (κ1) is 19.7. The molecule has 0 saturated carbocycles. The summed E-state index contributed by atoms with van der Waals surface area (Å²) in [5.74, 6) is -1.36. The Balaban J connectivity index is 1.65. The third-order valence-corrected chi connectivity index (χ3v) is 4.58. The minimum Gasteiger partial charge on any atom is -0.489 e. The van der Waals surface area contributed by atoms with E-state index in [9.17, 15) is 14.4 Å². The number of hydrogen-bond acceptors (Lipinski definition) is 4. The summed E-state index contributed by atoms with van der Waals surface area (Å²) in [5, 5.41) is 12.0. The van der Waals surface area contributed by atoms with Crippen LogP contribution in [0.1, 0.15) is 11.1 Å². The van der Waals surface area contributed by atoms with Crippen LogP contribution in [0, 0.1) is 0 Å². The van der Waals surface area contributed by atoms with Gasteiger partial charge in [0.25, 0.3) is 5.91 Å². The number of halogens is 2. The number of rotatable bonds is 6. The first-order valence-corrected chi connectivity index (χ1v) is 8.82. The number of benzene rings is 2.